The molecule has 2 rings (SSSR count). The number of ether oxygens (including phenoxy) is 1. The Morgan fingerprint density at radius 1 is 1.20 bits per heavy atom. The van der Waals surface area contributed by atoms with Crippen LogP contribution in [-0.2, 0) is 4.74 Å². The highest BCUT2D eigenvalue weighted by Crippen LogP contribution is 2.41. The molecule has 1 saturated heterocycles. The van der Waals surface area contributed by atoms with Gasteiger partial charge in [-0.3, -0.25) is 0 Å². The summed E-state index contributed by atoms with van der Waals surface area (Å²) in [5.74, 6) is 0. The van der Waals surface area contributed by atoms with Gasteiger partial charge in [-0.05, 0) is 32.6 Å². The van der Waals surface area contributed by atoms with Gasteiger partial charge in [-0.1, -0.05) is 19.3 Å². The molecule has 2 aliphatic rings. The number of rotatable bonds is 1. The van der Waals surface area contributed by atoms with Gasteiger partial charge in [0.05, 0.1) is 6.61 Å². The van der Waals surface area contributed by atoms with E-state index in [1.54, 1.807) is 0 Å². The van der Waals surface area contributed by atoms with Crippen molar-refractivity contribution in [3.05, 3.63) is 0 Å². The van der Waals surface area contributed by atoms with E-state index in [1.807, 2.05) is 11.8 Å². The Morgan fingerprint density at radius 3 is 2.53 bits per heavy atom. The topological polar surface area (TPSA) is 29.5 Å². The molecule has 0 bridgehead atoms. The lowest BCUT2D eigenvalue weighted by atomic mass is 9.80. The molecule has 0 N–H and O–H groups in total. The van der Waals surface area contributed by atoms with Gasteiger partial charge in [-0.2, -0.15) is 0 Å². The zero-order chi connectivity index (χ0) is 10.7. The lowest BCUT2D eigenvalue weighted by Gasteiger charge is -2.40. The normalized spacial score (nSPS) is 24.5. The van der Waals surface area contributed by atoms with Crippen LogP contribution in [0.15, 0.2) is 0 Å². The van der Waals surface area contributed by atoms with Crippen LogP contribution < -0.4 is 0 Å². The highest BCUT2D eigenvalue weighted by molar-refractivity contribution is 5.69. The molecule has 86 valence electrons. The third kappa shape index (κ3) is 1.97. The molecule has 3 heteroatoms. The quantitative estimate of drug-likeness (QED) is 0.667. The van der Waals surface area contributed by atoms with Crippen LogP contribution in [0.1, 0.15) is 51.9 Å². The van der Waals surface area contributed by atoms with Crippen molar-refractivity contribution in [2.45, 2.75) is 57.4 Å². The minimum absolute atomic E-state index is 0.0862. The molecule has 3 nitrogen and oxygen atoms in total. The number of carbonyl (C=O) groups excluding carboxylic acids is 1. The lowest BCUT2D eigenvalue weighted by molar-refractivity contribution is 0.0563. The molecule has 1 spiro atoms. The Hall–Kier alpha value is -0.730. The zero-order valence-corrected chi connectivity index (χ0v) is 9.63. The fourth-order valence-electron chi connectivity index (χ4n) is 3.15. The number of amides is 1. The second kappa shape index (κ2) is 4.42. The molecule has 0 aromatic rings. The van der Waals surface area contributed by atoms with Crippen LogP contribution in [0.2, 0.25) is 0 Å². The van der Waals surface area contributed by atoms with E-state index in [1.165, 1.54) is 38.5 Å². The molecular weight excluding hydrogens is 190 g/mol. The Bertz CT molecular complexity index is 234. The SMILES string of the molecule is CCOC(=O)N1CCCC12CCCCC2. The molecule has 2 fully saturated rings. The summed E-state index contributed by atoms with van der Waals surface area (Å²) in [5.41, 5.74) is 0.171. The van der Waals surface area contributed by atoms with Crippen molar-refractivity contribution in [1.82, 2.24) is 4.90 Å². The van der Waals surface area contributed by atoms with E-state index >= 15 is 0 Å². The van der Waals surface area contributed by atoms with E-state index in [9.17, 15) is 4.79 Å². The number of hydrogen-bond donors (Lipinski definition) is 0. The average Bonchev–Trinajstić information content (AvgIpc) is 2.63. The molecular formula is C12H21NO2. The summed E-state index contributed by atoms with van der Waals surface area (Å²) >= 11 is 0. The zero-order valence-electron chi connectivity index (χ0n) is 9.63. The number of carbonyl (C=O) groups is 1. The number of nitrogens with zero attached hydrogens (tertiary/aromatic N) is 1. The van der Waals surface area contributed by atoms with Crippen molar-refractivity contribution >= 4 is 6.09 Å². The predicted molar refractivity (Wildman–Crippen MR) is 58.8 cm³/mol. The summed E-state index contributed by atoms with van der Waals surface area (Å²) in [6, 6.07) is 0. The van der Waals surface area contributed by atoms with E-state index in [-0.39, 0.29) is 11.6 Å². The van der Waals surface area contributed by atoms with E-state index in [2.05, 4.69) is 0 Å². The number of hydrogen-bond acceptors (Lipinski definition) is 2. The smallest absolute Gasteiger partial charge is 0.410 e. The molecule has 0 aromatic carbocycles. The maximum atomic E-state index is 11.8. The van der Waals surface area contributed by atoms with E-state index in [4.69, 9.17) is 4.74 Å². The molecule has 1 amide bonds. The Balaban J connectivity index is 2.06. The third-order valence-corrected chi connectivity index (χ3v) is 3.87. The van der Waals surface area contributed by atoms with Gasteiger partial charge < -0.3 is 9.64 Å². The maximum Gasteiger partial charge on any atom is 0.410 e. The molecule has 0 atom stereocenters. The van der Waals surface area contributed by atoms with Gasteiger partial charge in [0.1, 0.15) is 0 Å². The van der Waals surface area contributed by atoms with Crippen molar-refractivity contribution < 1.29 is 9.53 Å². The Kier molecular flexibility index (Phi) is 3.17. The van der Waals surface area contributed by atoms with Gasteiger partial charge >= 0.3 is 6.09 Å². The molecule has 0 aromatic heterocycles. The molecule has 0 unspecified atom stereocenters. The third-order valence-electron chi connectivity index (χ3n) is 3.87. The first-order valence-electron chi connectivity index (χ1n) is 6.23. The average molecular weight is 211 g/mol. The fraction of sp³-hybridized carbons (Fsp3) is 0.917. The maximum absolute atomic E-state index is 11.8. The summed E-state index contributed by atoms with van der Waals surface area (Å²) < 4.78 is 5.14. The fourth-order valence-corrected chi connectivity index (χ4v) is 3.15. The van der Waals surface area contributed by atoms with Gasteiger partial charge in [0.2, 0.25) is 0 Å². The predicted octanol–water partition coefficient (Wildman–Crippen LogP) is 2.94. The molecule has 1 heterocycles. The monoisotopic (exact) mass is 211 g/mol. The largest absolute Gasteiger partial charge is 0.450 e. The summed E-state index contributed by atoms with van der Waals surface area (Å²) in [6.45, 7) is 3.27. The van der Waals surface area contributed by atoms with Crippen LogP contribution in [0.25, 0.3) is 0 Å². The molecule has 1 aliphatic heterocycles. The minimum Gasteiger partial charge on any atom is -0.450 e. The highest BCUT2D eigenvalue weighted by atomic mass is 16.6. The van der Waals surface area contributed by atoms with Crippen LogP contribution in [0.5, 0.6) is 0 Å². The van der Waals surface area contributed by atoms with Gasteiger partial charge in [0.15, 0.2) is 0 Å². The van der Waals surface area contributed by atoms with Gasteiger partial charge in [-0.25, -0.2) is 4.79 Å². The van der Waals surface area contributed by atoms with Crippen molar-refractivity contribution in [2.24, 2.45) is 0 Å². The van der Waals surface area contributed by atoms with Gasteiger partial charge in [0, 0.05) is 12.1 Å². The number of likely N-dealkylation sites (tertiary alicyclic amines) is 1. The minimum atomic E-state index is -0.0862. The van der Waals surface area contributed by atoms with Crippen molar-refractivity contribution in [3.63, 3.8) is 0 Å². The highest BCUT2D eigenvalue weighted by Gasteiger charge is 2.44. The van der Waals surface area contributed by atoms with Crippen LogP contribution in [-0.4, -0.2) is 29.7 Å². The summed E-state index contributed by atoms with van der Waals surface area (Å²) in [4.78, 5) is 13.8. The molecule has 15 heavy (non-hydrogen) atoms. The van der Waals surface area contributed by atoms with Crippen molar-refractivity contribution in [1.29, 1.82) is 0 Å². The standard InChI is InChI=1S/C12H21NO2/c1-2-15-11(14)13-10-6-9-12(13)7-4-3-5-8-12/h2-10H2,1H3. The molecule has 1 saturated carbocycles. The van der Waals surface area contributed by atoms with E-state index in [0.29, 0.717) is 6.61 Å². The van der Waals surface area contributed by atoms with Gasteiger partial charge in [0.25, 0.3) is 0 Å². The summed E-state index contributed by atoms with van der Waals surface area (Å²) in [7, 11) is 0. The van der Waals surface area contributed by atoms with E-state index in [0.717, 1.165) is 13.0 Å². The van der Waals surface area contributed by atoms with Gasteiger partial charge in [-0.15, -0.1) is 0 Å². The Labute approximate surface area is 91.8 Å². The second-order valence-electron chi connectivity index (χ2n) is 4.74. The Morgan fingerprint density at radius 2 is 1.87 bits per heavy atom. The van der Waals surface area contributed by atoms with Crippen LogP contribution >= 0.6 is 0 Å². The summed E-state index contributed by atoms with van der Waals surface area (Å²) in [6.07, 6.45) is 8.50. The van der Waals surface area contributed by atoms with E-state index < -0.39 is 0 Å². The van der Waals surface area contributed by atoms with Crippen LogP contribution in [0.3, 0.4) is 0 Å². The van der Waals surface area contributed by atoms with Crippen molar-refractivity contribution in [3.8, 4) is 0 Å². The first-order chi connectivity index (χ1) is 7.28. The lowest BCUT2D eigenvalue weighted by Crippen LogP contribution is -2.48. The first-order valence-corrected chi connectivity index (χ1v) is 6.23. The molecule has 1 aliphatic carbocycles. The van der Waals surface area contributed by atoms with Crippen molar-refractivity contribution in [2.75, 3.05) is 13.2 Å². The van der Waals surface area contributed by atoms with Crippen LogP contribution in [0.4, 0.5) is 4.79 Å². The second-order valence-corrected chi connectivity index (χ2v) is 4.74. The first kappa shape index (κ1) is 10.8. The summed E-state index contributed by atoms with van der Waals surface area (Å²) in [5, 5.41) is 0. The van der Waals surface area contributed by atoms with Crippen LogP contribution in [0, 0.1) is 0 Å². The molecule has 0 radical (unpaired) electrons.